The van der Waals surface area contributed by atoms with Crippen LogP contribution in [0.3, 0.4) is 0 Å². The Morgan fingerprint density at radius 3 is 2.79 bits per heavy atom. The van der Waals surface area contributed by atoms with Crippen LogP contribution in [0.25, 0.3) is 0 Å². The summed E-state index contributed by atoms with van der Waals surface area (Å²) in [5.74, 6) is 0.819. The summed E-state index contributed by atoms with van der Waals surface area (Å²) in [5, 5.41) is 6.88. The van der Waals surface area contributed by atoms with Crippen LogP contribution in [0.5, 0.6) is 0 Å². The Bertz CT molecular complexity index is 345. The number of nitrogens with one attached hydrogen (secondary N) is 1. The van der Waals surface area contributed by atoms with Gasteiger partial charge in [-0.25, -0.2) is 5.10 Å². The Labute approximate surface area is 88.7 Å². The zero-order valence-corrected chi connectivity index (χ0v) is 9.76. The van der Waals surface area contributed by atoms with E-state index in [1.807, 2.05) is 23.6 Å². The third kappa shape index (κ3) is 2.13. The van der Waals surface area contributed by atoms with Crippen molar-refractivity contribution in [3.63, 3.8) is 0 Å². The molecule has 1 atom stereocenters. The molecule has 0 radical (unpaired) electrons. The first-order valence-electron chi connectivity index (χ1n) is 4.41. The van der Waals surface area contributed by atoms with Gasteiger partial charge < -0.3 is 9.64 Å². The first-order valence-corrected chi connectivity index (χ1v) is 4.82. The van der Waals surface area contributed by atoms with E-state index in [9.17, 15) is 0 Å². The van der Waals surface area contributed by atoms with E-state index >= 15 is 0 Å². The van der Waals surface area contributed by atoms with E-state index in [-0.39, 0.29) is 6.04 Å². The van der Waals surface area contributed by atoms with E-state index in [1.54, 1.807) is 7.11 Å². The number of likely N-dealkylation sites (N-methyl/N-ethyl adjacent to an activating group) is 1. The van der Waals surface area contributed by atoms with Crippen LogP contribution in [0.2, 0.25) is 0 Å². The summed E-state index contributed by atoms with van der Waals surface area (Å²) < 4.78 is 7.53. The number of aromatic nitrogens is 3. The van der Waals surface area contributed by atoms with Gasteiger partial charge in [0.1, 0.15) is 0 Å². The number of methoxy groups -OCH3 is 1. The highest BCUT2D eigenvalue weighted by molar-refractivity contribution is 7.71. The minimum Gasteiger partial charge on any atom is -0.383 e. The van der Waals surface area contributed by atoms with Crippen LogP contribution in [0.15, 0.2) is 0 Å². The molecule has 0 aliphatic rings. The van der Waals surface area contributed by atoms with E-state index < -0.39 is 0 Å². The SMILES string of the molecule is COCC(C)N(C)c1n[nH]c(=S)n1C. The van der Waals surface area contributed by atoms with E-state index in [0.717, 1.165) is 5.95 Å². The van der Waals surface area contributed by atoms with Crippen LogP contribution >= 0.6 is 12.2 Å². The number of rotatable bonds is 4. The Morgan fingerprint density at radius 1 is 1.71 bits per heavy atom. The minimum atomic E-state index is 0.268. The number of aromatic amines is 1. The Morgan fingerprint density at radius 2 is 2.36 bits per heavy atom. The van der Waals surface area contributed by atoms with E-state index in [1.165, 1.54) is 0 Å². The fourth-order valence-electron chi connectivity index (χ4n) is 1.20. The molecule has 0 fully saturated rings. The van der Waals surface area contributed by atoms with Crippen molar-refractivity contribution in [3.05, 3.63) is 4.77 Å². The topological polar surface area (TPSA) is 46.1 Å². The zero-order valence-electron chi connectivity index (χ0n) is 8.94. The smallest absolute Gasteiger partial charge is 0.225 e. The van der Waals surface area contributed by atoms with Gasteiger partial charge in [0.25, 0.3) is 0 Å². The molecule has 1 heterocycles. The molecule has 0 spiro atoms. The zero-order chi connectivity index (χ0) is 10.7. The molecule has 0 saturated carbocycles. The lowest BCUT2D eigenvalue weighted by Gasteiger charge is -2.24. The number of hydrogen-bond acceptors (Lipinski definition) is 4. The van der Waals surface area contributed by atoms with Gasteiger partial charge in [-0.3, -0.25) is 4.57 Å². The summed E-state index contributed by atoms with van der Waals surface area (Å²) in [6.07, 6.45) is 0. The summed E-state index contributed by atoms with van der Waals surface area (Å²) >= 11 is 5.03. The van der Waals surface area contributed by atoms with Crippen LogP contribution in [0.1, 0.15) is 6.92 Å². The molecule has 0 aliphatic carbocycles. The quantitative estimate of drug-likeness (QED) is 0.761. The summed E-state index contributed by atoms with van der Waals surface area (Å²) in [6.45, 7) is 2.73. The van der Waals surface area contributed by atoms with E-state index in [4.69, 9.17) is 17.0 Å². The van der Waals surface area contributed by atoms with Crippen LogP contribution < -0.4 is 4.90 Å². The van der Waals surface area contributed by atoms with Crippen molar-refractivity contribution < 1.29 is 4.74 Å². The fourth-order valence-corrected chi connectivity index (χ4v) is 1.33. The molecule has 6 heteroatoms. The van der Waals surface area contributed by atoms with Gasteiger partial charge in [-0.15, -0.1) is 5.10 Å². The van der Waals surface area contributed by atoms with Gasteiger partial charge in [0.2, 0.25) is 5.95 Å². The maximum Gasteiger partial charge on any atom is 0.225 e. The van der Waals surface area contributed by atoms with E-state index in [0.29, 0.717) is 11.4 Å². The van der Waals surface area contributed by atoms with Crippen LogP contribution in [0.4, 0.5) is 5.95 Å². The second kappa shape index (κ2) is 4.56. The molecule has 1 unspecified atom stereocenters. The molecule has 0 bridgehead atoms. The van der Waals surface area contributed by atoms with Crippen molar-refractivity contribution >= 4 is 18.2 Å². The second-order valence-electron chi connectivity index (χ2n) is 3.30. The summed E-state index contributed by atoms with van der Waals surface area (Å²) in [6, 6.07) is 0.268. The Hall–Kier alpha value is -0.880. The number of ether oxygens (including phenoxy) is 1. The average Bonchev–Trinajstić information content (AvgIpc) is 2.47. The van der Waals surface area contributed by atoms with Gasteiger partial charge in [-0.2, -0.15) is 0 Å². The van der Waals surface area contributed by atoms with Crippen molar-refractivity contribution in [1.29, 1.82) is 0 Å². The van der Waals surface area contributed by atoms with Gasteiger partial charge in [0.05, 0.1) is 12.6 Å². The maximum absolute atomic E-state index is 5.08. The normalized spacial score (nSPS) is 12.9. The first kappa shape index (κ1) is 11.2. The molecule has 1 aromatic rings. The second-order valence-corrected chi connectivity index (χ2v) is 3.69. The van der Waals surface area contributed by atoms with Gasteiger partial charge in [-0.05, 0) is 19.1 Å². The number of nitrogens with zero attached hydrogens (tertiary/aromatic N) is 3. The molecule has 1 rings (SSSR count). The van der Waals surface area contributed by atoms with Crippen molar-refractivity contribution in [2.24, 2.45) is 7.05 Å². The van der Waals surface area contributed by atoms with Crippen molar-refractivity contribution in [2.45, 2.75) is 13.0 Å². The standard InChI is InChI=1S/C8H16N4OS/c1-6(5-13-4)11(2)7-9-10-8(14)12(7)3/h6H,5H2,1-4H3,(H,10,14). The van der Waals surface area contributed by atoms with Crippen LogP contribution in [-0.2, 0) is 11.8 Å². The minimum absolute atomic E-state index is 0.268. The summed E-state index contributed by atoms with van der Waals surface area (Å²) in [4.78, 5) is 2.02. The molecule has 1 N–H and O–H groups in total. The highest BCUT2D eigenvalue weighted by Crippen LogP contribution is 2.10. The Balaban J connectivity index is 2.83. The molecule has 0 saturated heterocycles. The molecular weight excluding hydrogens is 200 g/mol. The summed E-state index contributed by atoms with van der Waals surface area (Å²) in [5.41, 5.74) is 0. The third-order valence-corrected chi connectivity index (χ3v) is 2.61. The number of hydrogen-bond donors (Lipinski definition) is 1. The van der Waals surface area contributed by atoms with Gasteiger partial charge in [0.15, 0.2) is 4.77 Å². The first-order chi connectivity index (χ1) is 6.57. The molecule has 80 valence electrons. The van der Waals surface area contributed by atoms with E-state index in [2.05, 4.69) is 17.1 Å². The van der Waals surface area contributed by atoms with Crippen molar-refractivity contribution in [1.82, 2.24) is 14.8 Å². The predicted molar refractivity (Wildman–Crippen MR) is 58.1 cm³/mol. The molecule has 0 amide bonds. The number of H-pyrrole nitrogens is 1. The van der Waals surface area contributed by atoms with Crippen LogP contribution in [0, 0.1) is 4.77 Å². The maximum atomic E-state index is 5.08. The molecule has 0 aromatic carbocycles. The lowest BCUT2D eigenvalue weighted by atomic mass is 10.3. The molecule has 0 aliphatic heterocycles. The van der Waals surface area contributed by atoms with Crippen molar-refractivity contribution in [3.8, 4) is 0 Å². The lowest BCUT2D eigenvalue weighted by molar-refractivity contribution is 0.182. The monoisotopic (exact) mass is 216 g/mol. The highest BCUT2D eigenvalue weighted by atomic mass is 32.1. The van der Waals surface area contributed by atoms with Crippen LogP contribution in [-0.4, -0.2) is 41.6 Å². The fraction of sp³-hybridized carbons (Fsp3) is 0.750. The molecular formula is C8H16N4OS. The number of anilines is 1. The average molecular weight is 216 g/mol. The molecule has 1 aromatic heterocycles. The van der Waals surface area contributed by atoms with Gasteiger partial charge >= 0.3 is 0 Å². The molecule has 5 nitrogen and oxygen atoms in total. The molecule has 14 heavy (non-hydrogen) atoms. The summed E-state index contributed by atoms with van der Waals surface area (Å²) in [7, 11) is 5.54. The van der Waals surface area contributed by atoms with Gasteiger partial charge in [0, 0.05) is 21.2 Å². The largest absolute Gasteiger partial charge is 0.383 e. The van der Waals surface area contributed by atoms with Gasteiger partial charge in [-0.1, -0.05) is 0 Å². The highest BCUT2D eigenvalue weighted by Gasteiger charge is 2.14. The lowest BCUT2D eigenvalue weighted by Crippen LogP contribution is -2.34. The predicted octanol–water partition coefficient (Wildman–Crippen LogP) is 0.949. The van der Waals surface area contributed by atoms with Crippen molar-refractivity contribution in [2.75, 3.05) is 25.7 Å². The Kier molecular flexibility index (Phi) is 3.65. The third-order valence-electron chi connectivity index (χ3n) is 2.24.